The van der Waals surface area contributed by atoms with Crippen molar-refractivity contribution < 1.29 is 4.79 Å². The molecule has 5 nitrogen and oxygen atoms in total. The summed E-state index contributed by atoms with van der Waals surface area (Å²) in [5.41, 5.74) is 4.99. The molecule has 0 radical (unpaired) electrons. The first-order valence-electron chi connectivity index (χ1n) is 10.7. The summed E-state index contributed by atoms with van der Waals surface area (Å²) in [4.78, 5) is 12.6. The summed E-state index contributed by atoms with van der Waals surface area (Å²) in [5, 5.41) is 13.1. The predicted octanol–water partition coefficient (Wildman–Crippen LogP) is 6.75. The fraction of sp³-hybridized carbons (Fsp3) is 0.192. The predicted molar refractivity (Wildman–Crippen MR) is 136 cm³/mol. The Hall–Kier alpha value is -3.09. The highest BCUT2D eigenvalue weighted by atomic mass is 35.5. The van der Waals surface area contributed by atoms with E-state index in [0.717, 1.165) is 22.5 Å². The molecule has 0 atom stereocenters. The van der Waals surface area contributed by atoms with Crippen LogP contribution in [0.4, 0.5) is 5.69 Å². The van der Waals surface area contributed by atoms with Crippen LogP contribution in [0.15, 0.2) is 78.0 Å². The Kier molecular flexibility index (Phi) is 7.16. The minimum atomic E-state index is -0.0972. The van der Waals surface area contributed by atoms with Gasteiger partial charge in [0.25, 0.3) is 0 Å². The van der Waals surface area contributed by atoms with Gasteiger partial charge in [-0.05, 0) is 60.9 Å². The molecule has 3 aromatic carbocycles. The van der Waals surface area contributed by atoms with E-state index < -0.39 is 0 Å². The molecule has 1 heterocycles. The van der Waals surface area contributed by atoms with Crippen LogP contribution in [0.2, 0.25) is 5.02 Å². The summed E-state index contributed by atoms with van der Waals surface area (Å²) in [6.45, 7) is 6.33. The van der Waals surface area contributed by atoms with Crippen LogP contribution in [0.25, 0.3) is 17.1 Å². The average molecular weight is 477 g/mol. The summed E-state index contributed by atoms with van der Waals surface area (Å²) >= 11 is 7.44. The molecule has 0 unspecified atom stereocenters. The van der Waals surface area contributed by atoms with Crippen LogP contribution < -0.4 is 5.32 Å². The molecular formula is C26H25ClN4OS. The number of anilines is 1. The molecule has 1 amide bonds. The van der Waals surface area contributed by atoms with Gasteiger partial charge in [0, 0.05) is 22.0 Å². The minimum Gasteiger partial charge on any atom is -0.325 e. The maximum absolute atomic E-state index is 12.6. The van der Waals surface area contributed by atoms with Crippen molar-refractivity contribution in [1.82, 2.24) is 14.8 Å². The van der Waals surface area contributed by atoms with Gasteiger partial charge in [0.1, 0.15) is 0 Å². The van der Waals surface area contributed by atoms with Gasteiger partial charge in [0.05, 0.1) is 5.75 Å². The summed E-state index contributed by atoms with van der Waals surface area (Å²) in [7, 11) is 0. The highest BCUT2D eigenvalue weighted by Crippen LogP contribution is 2.29. The van der Waals surface area contributed by atoms with Crippen LogP contribution >= 0.6 is 23.4 Å². The van der Waals surface area contributed by atoms with Crippen molar-refractivity contribution in [2.45, 2.75) is 31.8 Å². The standard InChI is InChI=1S/C26H25ClN4OS/c1-17(2)19-7-11-22(12-8-19)28-24(32)16-33-26-30-29-25(20-6-4-5-18(3)15-20)31(26)23-13-9-21(27)10-14-23/h4-15,17H,16H2,1-3H3,(H,28,32). The second-order valence-electron chi connectivity index (χ2n) is 8.10. The van der Waals surface area contributed by atoms with E-state index in [0.29, 0.717) is 21.9 Å². The number of rotatable bonds is 7. The number of nitrogens with zero attached hydrogens (tertiary/aromatic N) is 3. The van der Waals surface area contributed by atoms with E-state index in [1.807, 2.05) is 78.2 Å². The fourth-order valence-corrected chi connectivity index (χ4v) is 4.31. The molecule has 0 aliphatic carbocycles. The van der Waals surface area contributed by atoms with Crippen LogP contribution in [-0.2, 0) is 4.79 Å². The zero-order valence-corrected chi connectivity index (χ0v) is 20.3. The molecule has 168 valence electrons. The van der Waals surface area contributed by atoms with Crippen molar-refractivity contribution in [1.29, 1.82) is 0 Å². The Labute approximate surface area is 203 Å². The number of hydrogen-bond acceptors (Lipinski definition) is 4. The van der Waals surface area contributed by atoms with E-state index in [-0.39, 0.29) is 11.7 Å². The van der Waals surface area contributed by atoms with Crippen LogP contribution in [-0.4, -0.2) is 26.4 Å². The maximum atomic E-state index is 12.6. The van der Waals surface area contributed by atoms with Gasteiger partial charge in [-0.15, -0.1) is 10.2 Å². The highest BCUT2D eigenvalue weighted by Gasteiger charge is 2.17. The monoisotopic (exact) mass is 476 g/mol. The molecule has 33 heavy (non-hydrogen) atoms. The van der Waals surface area contributed by atoms with E-state index in [1.54, 1.807) is 0 Å². The first-order valence-corrected chi connectivity index (χ1v) is 12.1. The molecule has 1 aromatic heterocycles. The molecule has 0 bridgehead atoms. The van der Waals surface area contributed by atoms with Crippen LogP contribution in [0.3, 0.4) is 0 Å². The molecule has 7 heteroatoms. The molecule has 0 saturated heterocycles. The molecule has 4 aromatic rings. The lowest BCUT2D eigenvalue weighted by atomic mass is 10.0. The number of carbonyl (C=O) groups excluding carboxylic acids is 1. The topological polar surface area (TPSA) is 59.8 Å². The smallest absolute Gasteiger partial charge is 0.234 e. The SMILES string of the molecule is Cc1cccc(-c2nnc(SCC(=O)Nc3ccc(C(C)C)cc3)n2-c2ccc(Cl)cc2)c1. The van der Waals surface area contributed by atoms with Crippen molar-refractivity contribution in [2.24, 2.45) is 0 Å². The van der Waals surface area contributed by atoms with Gasteiger partial charge < -0.3 is 5.32 Å². The molecule has 1 N–H and O–H groups in total. The van der Waals surface area contributed by atoms with Gasteiger partial charge in [-0.3, -0.25) is 9.36 Å². The molecule has 0 fully saturated rings. The van der Waals surface area contributed by atoms with Crippen LogP contribution in [0.5, 0.6) is 0 Å². The molecule has 0 saturated carbocycles. The van der Waals surface area contributed by atoms with Crippen molar-refractivity contribution in [3.8, 4) is 17.1 Å². The lowest BCUT2D eigenvalue weighted by Crippen LogP contribution is -2.14. The zero-order chi connectivity index (χ0) is 23.4. The van der Waals surface area contributed by atoms with Gasteiger partial charge in [0.2, 0.25) is 5.91 Å². The largest absolute Gasteiger partial charge is 0.325 e. The van der Waals surface area contributed by atoms with Crippen molar-refractivity contribution in [3.05, 3.63) is 88.9 Å². The second-order valence-corrected chi connectivity index (χ2v) is 9.48. The third-order valence-corrected chi connectivity index (χ3v) is 6.37. The summed E-state index contributed by atoms with van der Waals surface area (Å²) < 4.78 is 1.96. The van der Waals surface area contributed by atoms with E-state index >= 15 is 0 Å². The first-order chi connectivity index (χ1) is 15.9. The maximum Gasteiger partial charge on any atom is 0.234 e. The van der Waals surface area contributed by atoms with Crippen LogP contribution in [0.1, 0.15) is 30.9 Å². The third kappa shape index (κ3) is 5.64. The summed E-state index contributed by atoms with van der Waals surface area (Å²) in [6, 6.07) is 23.6. The van der Waals surface area contributed by atoms with E-state index in [9.17, 15) is 4.79 Å². The second kappa shape index (κ2) is 10.2. The molecule has 4 rings (SSSR count). The van der Waals surface area contributed by atoms with E-state index in [2.05, 4.69) is 35.4 Å². The Morgan fingerprint density at radius 2 is 1.76 bits per heavy atom. The van der Waals surface area contributed by atoms with Gasteiger partial charge in [-0.2, -0.15) is 0 Å². The van der Waals surface area contributed by atoms with Crippen molar-refractivity contribution in [3.63, 3.8) is 0 Å². The van der Waals surface area contributed by atoms with Gasteiger partial charge in [-0.1, -0.05) is 73.1 Å². The number of carbonyl (C=O) groups is 1. The first kappa shape index (κ1) is 23.1. The molecule has 0 aliphatic heterocycles. The molecular weight excluding hydrogens is 452 g/mol. The lowest BCUT2D eigenvalue weighted by Gasteiger charge is -2.11. The number of aryl methyl sites for hydroxylation is 1. The van der Waals surface area contributed by atoms with E-state index in [1.165, 1.54) is 17.3 Å². The number of amides is 1. The number of thioether (sulfide) groups is 1. The molecule has 0 spiro atoms. The van der Waals surface area contributed by atoms with E-state index in [4.69, 9.17) is 11.6 Å². The quantitative estimate of drug-likeness (QED) is 0.300. The number of halogens is 1. The number of nitrogens with one attached hydrogen (secondary N) is 1. The number of benzene rings is 3. The molecule has 0 aliphatic rings. The number of aromatic nitrogens is 3. The normalized spacial score (nSPS) is 11.1. The van der Waals surface area contributed by atoms with Crippen molar-refractivity contribution >= 4 is 35.0 Å². The highest BCUT2D eigenvalue weighted by molar-refractivity contribution is 7.99. The van der Waals surface area contributed by atoms with Crippen LogP contribution in [0, 0.1) is 6.92 Å². The average Bonchev–Trinajstić information content (AvgIpc) is 3.22. The Morgan fingerprint density at radius 3 is 2.42 bits per heavy atom. The zero-order valence-electron chi connectivity index (χ0n) is 18.7. The fourth-order valence-electron chi connectivity index (χ4n) is 3.44. The summed E-state index contributed by atoms with van der Waals surface area (Å²) in [5.74, 6) is 1.28. The lowest BCUT2D eigenvalue weighted by molar-refractivity contribution is -0.113. The van der Waals surface area contributed by atoms with Gasteiger partial charge in [-0.25, -0.2) is 0 Å². The van der Waals surface area contributed by atoms with Crippen molar-refractivity contribution in [2.75, 3.05) is 11.1 Å². The number of hydrogen-bond donors (Lipinski definition) is 1. The summed E-state index contributed by atoms with van der Waals surface area (Å²) in [6.07, 6.45) is 0. The third-order valence-electron chi connectivity index (χ3n) is 5.19. The minimum absolute atomic E-state index is 0.0972. The van der Waals surface area contributed by atoms with Gasteiger partial charge >= 0.3 is 0 Å². The van der Waals surface area contributed by atoms with Gasteiger partial charge in [0.15, 0.2) is 11.0 Å². The Morgan fingerprint density at radius 1 is 1.03 bits per heavy atom. The Balaban J connectivity index is 1.56. The Bertz CT molecular complexity index is 1250.